The predicted octanol–water partition coefficient (Wildman–Crippen LogP) is 3.48. The van der Waals surface area contributed by atoms with Gasteiger partial charge in [-0.05, 0) is 47.1 Å². The van der Waals surface area contributed by atoms with E-state index in [4.69, 9.17) is 9.31 Å². The van der Waals surface area contributed by atoms with Gasteiger partial charge in [0, 0.05) is 6.32 Å². The Labute approximate surface area is 111 Å². The van der Waals surface area contributed by atoms with Gasteiger partial charge in [-0.1, -0.05) is 29.3 Å². The molecule has 0 aromatic heterocycles. The number of hydrogen-bond acceptors (Lipinski definition) is 2. The smallest absolute Gasteiger partial charge is 0.403 e. The number of benzene rings is 1. The molecule has 1 aromatic rings. The highest BCUT2D eigenvalue weighted by molar-refractivity contribution is 6.45. The minimum Gasteiger partial charge on any atom is -0.403 e. The molecule has 0 radical (unpaired) electrons. The van der Waals surface area contributed by atoms with Gasteiger partial charge in [0.1, 0.15) is 0 Å². The molecule has 1 saturated heterocycles. The average molecular weight is 246 g/mol. The van der Waals surface area contributed by atoms with E-state index in [1.165, 1.54) is 16.7 Å². The van der Waals surface area contributed by atoms with Crippen LogP contribution in [-0.2, 0) is 15.6 Å². The Kier molecular flexibility index (Phi) is 3.33. The Bertz CT molecular complexity index is 416. The van der Waals surface area contributed by atoms with Crippen molar-refractivity contribution in [2.45, 2.75) is 59.1 Å². The molecule has 2 rings (SSSR count). The Morgan fingerprint density at radius 1 is 0.889 bits per heavy atom. The van der Waals surface area contributed by atoms with Crippen molar-refractivity contribution < 1.29 is 9.31 Å². The highest BCUT2D eigenvalue weighted by atomic mass is 16.7. The Morgan fingerprint density at radius 3 is 1.78 bits per heavy atom. The van der Waals surface area contributed by atoms with Crippen LogP contribution in [0.1, 0.15) is 44.4 Å². The van der Waals surface area contributed by atoms with Gasteiger partial charge in [0.25, 0.3) is 0 Å². The van der Waals surface area contributed by atoms with Crippen molar-refractivity contribution in [3.8, 4) is 0 Å². The largest absolute Gasteiger partial charge is 0.462 e. The zero-order valence-corrected chi connectivity index (χ0v) is 12.3. The Morgan fingerprint density at radius 2 is 1.33 bits per heavy atom. The molecule has 0 aliphatic carbocycles. The Hall–Kier alpha value is -0.795. The fourth-order valence-corrected chi connectivity index (χ4v) is 2.43. The lowest BCUT2D eigenvalue weighted by atomic mass is 9.80. The maximum absolute atomic E-state index is 6.03. The molecular formula is C15H23BO2. The molecule has 1 heterocycles. The van der Waals surface area contributed by atoms with E-state index in [0.29, 0.717) is 0 Å². The number of hydrogen-bond donors (Lipinski definition) is 0. The van der Waals surface area contributed by atoms with E-state index < -0.39 is 0 Å². The van der Waals surface area contributed by atoms with Crippen molar-refractivity contribution in [2.24, 2.45) is 0 Å². The molecule has 0 amide bonds. The van der Waals surface area contributed by atoms with Gasteiger partial charge in [0.15, 0.2) is 0 Å². The van der Waals surface area contributed by atoms with Gasteiger partial charge in [-0.2, -0.15) is 0 Å². The molecule has 0 saturated carbocycles. The maximum atomic E-state index is 6.03. The molecule has 2 nitrogen and oxygen atoms in total. The normalized spacial score (nSPS) is 21.3. The van der Waals surface area contributed by atoms with Crippen molar-refractivity contribution in [1.29, 1.82) is 0 Å². The molecule has 1 aromatic carbocycles. The second kappa shape index (κ2) is 4.39. The highest BCUT2D eigenvalue weighted by Crippen LogP contribution is 2.37. The molecule has 98 valence electrons. The number of rotatable bonds is 2. The first-order chi connectivity index (χ1) is 8.19. The van der Waals surface area contributed by atoms with Gasteiger partial charge in [-0.3, -0.25) is 0 Å². The van der Waals surface area contributed by atoms with Gasteiger partial charge in [0.05, 0.1) is 11.2 Å². The van der Waals surface area contributed by atoms with Crippen molar-refractivity contribution in [2.75, 3.05) is 0 Å². The first kappa shape index (κ1) is 13.6. The first-order valence-electron chi connectivity index (χ1n) is 6.62. The van der Waals surface area contributed by atoms with Crippen LogP contribution in [0.2, 0.25) is 0 Å². The summed E-state index contributed by atoms with van der Waals surface area (Å²) in [4.78, 5) is 0. The fourth-order valence-electron chi connectivity index (χ4n) is 2.43. The molecular weight excluding hydrogens is 223 g/mol. The van der Waals surface area contributed by atoms with E-state index in [0.717, 1.165) is 6.32 Å². The van der Waals surface area contributed by atoms with Crippen molar-refractivity contribution >= 4 is 7.12 Å². The van der Waals surface area contributed by atoms with Crippen LogP contribution in [0.3, 0.4) is 0 Å². The van der Waals surface area contributed by atoms with Crippen LogP contribution in [0.15, 0.2) is 18.2 Å². The van der Waals surface area contributed by atoms with Gasteiger partial charge in [-0.25, -0.2) is 0 Å². The van der Waals surface area contributed by atoms with Gasteiger partial charge in [0.2, 0.25) is 0 Å². The summed E-state index contributed by atoms with van der Waals surface area (Å²) < 4.78 is 12.1. The van der Waals surface area contributed by atoms with Crippen molar-refractivity contribution in [1.82, 2.24) is 0 Å². The lowest BCUT2D eigenvalue weighted by Gasteiger charge is -2.32. The van der Waals surface area contributed by atoms with Crippen LogP contribution in [-0.4, -0.2) is 18.3 Å². The van der Waals surface area contributed by atoms with Gasteiger partial charge < -0.3 is 9.31 Å². The van der Waals surface area contributed by atoms with Gasteiger partial charge in [-0.15, -0.1) is 0 Å². The predicted molar refractivity (Wildman–Crippen MR) is 75.7 cm³/mol. The summed E-state index contributed by atoms with van der Waals surface area (Å²) in [6, 6.07) is 6.60. The average Bonchev–Trinajstić information content (AvgIpc) is 2.31. The summed E-state index contributed by atoms with van der Waals surface area (Å²) in [5, 5.41) is 0. The molecule has 1 fully saturated rings. The lowest BCUT2D eigenvalue weighted by Crippen LogP contribution is -2.41. The zero-order valence-electron chi connectivity index (χ0n) is 12.3. The first-order valence-corrected chi connectivity index (χ1v) is 6.62. The minimum atomic E-state index is -0.240. The minimum absolute atomic E-state index is 0.142. The summed E-state index contributed by atoms with van der Waals surface area (Å²) in [6.45, 7) is 12.6. The van der Waals surface area contributed by atoms with E-state index in [1.54, 1.807) is 0 Å². The second-order valence-electron chi connectivity index (χ2n) is 6.39. The highest BCUT2D eigenvalue weighted by Gasteiger charge is 2.50. The summed E-state index contributed by atoms with van der Waals surface area (Å²) in [5.74, 6) is 0. The third kappa shape index (κ3) is 2.62. The quantitative estimate of drug-likeness (QED) is 0.744. The van der Waals surface area contributed by atoms with Crippen LogP contribution in [0.25, 0.3) is 0 Å². The van der Waals surface area contributed by atoms with Crippen molar-refractivity contribution in [3.05, 3.63) is 34.9 Å². The van der Waals surface area contributed by atoms with Gasteiger partial charge >= 0.3 is 7.12 Å². The molecule has 0 atom stereocenters. The third-order valence-corrected chi connectivity index (χ3v) is 3.99. The molecule has 0 bridgehead atoms. The molecule has 1 aliphatic heterocycles. The molecule has 0 unspecified atom stereocenters. The topological polar surface area (TPSA) is 18.5 Å². The summed E-state index contributed by atoms with van der Waals surface area (Å²) in [5.41, 5.74) is 3.39. The molecule has 0 spiro atoms. The van der Waals surface area contributed by atoms with Crippen LogP contribution in [0.5, 0.6) is 0 Å². The summed E-state index contributed by atoms with van der Waals surface area (Å²) in [6.07, 6.45) is 0.815. The standard InChI is InChI=1S/C15H23BO2/c1-11-7-12(2)9-13(8-11)10-16-17-14(3,4)15(5,6)18-16/h7-9H,10H2,1-6H3. The maximum Gasteiger partial charge on any atom is 0.462 e. The van der Waals surface area contributed by atoms with Crippen molar-refractivity contribution in [3.63, 3.8) is 0 Å². The molecule has 0 N–H and O–H groups in total. The van der Waals surface area contributed by atoms with E-state index in [2.05, 4.69) is 59.7 Å². The van der Waals surface area contributed by atoms with Crippen LogP contribution < -0.4 is 0 Å². The Balaban J connectivity index is 2.12. The molecule has 1 aliphatic rings. The third-order valence-electron chi connectivity index (χ3n) is 3.99. The summed E-state index contributed by atoms with van der Waals surface area (Å²) in [7, 11) is -0.142. The SMILES string of the molecule is Cc1cc(C)cc(CB2OC(C)(C)C(C)(C)O2)c1. The molecule has 3 heteroatoms. The van der Waals surface area contributed by atoms with E-state index in [-0.39, 0.29) is 18.3 Å². The van der Waals surface area contributed by atoms with E-state index in [1.807, 2.05) is 0 Å². The van der Waals surface area contributed by atoms with Crippen LogP contribution in [0.4, 0.5) is 0 Å². The number of aryl methyl sites for hydroxylation is 2. The monoisotopic (exact) mass is 246 g/mol. The summed E-state index contributed by atoms with van der Waals surface area (Å²) >= 11 is 0. The van der Waals surface area contributed by atoms with E-state index >= 15 is 0 Å². The van der Waals surface area contributed by atoms with Crippen LogP contribution >= 0.6 is 0 Å². The second-order valence-corrected chi connectivity index (χ2v) is 6.39. The zero-order chi connectivity index (χ0) is 13.6. The lowest BCUT2D eigenvalue weighted by molar-refractivity contribution is 0.00578. The molecule has 18 heavy (non-hydrogen) atoms. The van der Waals surface area contributed by atoms with Crippen LogP contribution in [0, 0.1) is 13.8 Å². The van der Waals surface area contributed by atoms with E-state index in [9.17, 15) is 0 Å². The fraction of sp³-hybridized carbons (Fsp3) is 0.600.